The molecule has 0 heterocycles. The molecule has 0 bridgehead atoms. The summed E-state index contributed by atoms with van der Waals surface area (Å²) < 4.78 is 33.1. The molecular formula is C22H20ClN3O6S. The van der Waals surface area contributed by atoms with E-state index in [9.17, 15) is 23.3 Å². The van der Waals surface area contributed by atoms with Gasteiger partial charge in [-0.25, -0.2) is 8.42 Å². The quantitative estimate of drug-likeness (QED) is 0.370. The standard InChI is InChI=1S/C22H20ClN3O6S/c1-15-8-10-17(26(28)29)13-19(15)24-22(27)14-25(20-12-16(23)9-11-21(20)32-2)33(30,31)18-6-4-3-5-7-18/h3-13H,14H2,1-2H3,(H,24,27). The number of hydrogen-bond acceptors (Lipinski definition) is 6. The van der Waals surface area contributed by atoms with Gasteiger partial charge in [-0.05, 0) is 42.8 Å². The number of nitrogens with zero attached hydrogens (tertiary/aromatic N) is 2. The highest BCUT2D eigenvalue weighted by molar-refractivity contribution is 7.92. The first kappa shape index (κ1) is 24.0. The first-order valence-electron chi connectivity index (χ1n) is 9.59. The SMILES string of the molecule is COc1ccc(Cl)cc1N(CC(=O)Nc1cc([N+](=O)[O-])ccc1C)S(=O)(=O)c1ccccc1. The van der Waals surface area contributed by atoms with Crippen LogP contribution in [-0.2, 0) is 14.8 Å². The Morgan fingerprint density at radius 3 is 2.45 bits per heavy atom. The molecule has 3 rings (SSSR count). The van der Waals surface area contributed by atoms with E-state index in [2.05, 4.69) is 5.32 Å². The van der Waals surface area contributed by atoms with E-state index < -0.39 is 27.4 Å². The maximum atomic E-state index is 13.5. The summed E-state index contributed by atoms with van der Waals surface area (Å²) in [6.07, 6.45) is 0. The van der Waals surface area contributed by atoms with Gasteiger partial charge in [0.1, 0.15) is 12.3 Å². The number of hydrogen-bond donors (Lipinski definition) is 1. The van der Waals surface area contributed by atoms with E-state index in [1.807, 2.05) is 0 Å². The van der Waals surface area contributed by atoms with Crippen LogP contribution in [0.5, 0.6) is 5.75 Å². The molecule has 3 aromatic rings. The van der Waals surface area contributed by atoms with E-state index in [0.717, 1.165) is 4.31 Å². The van der Waals surface area contributed by atoms with Crippen LogP contribution in [0.3, 0.4) is 0 Å². The van der Waals surface area contributed by atoms with Crippen molar-refractivity contribution in [1.82, 2.24) is 0 Å². The summed E-state index contributed by atoms with van der Waals surface area (Å²) in [6.45, 7) is 1.04. The Labute approximate surface area is 195 Å². The Kier molecular flexibility index (Phi) is 7.19. The third kappa shape index (κ3) is 5.41. The van der Waals surface area contributed by atoms with Crippen molar-refractivity contribution in [2.24, 2.45) is 0 Å². The fourth-order valence-electron chi connectivity index (χ4n) is 3.06. The first-order chi connectivity index (χ1) is 15.6. The fourth-order valence-corrected chi connectivity index (χ4v) is 4.67. The summed E-state index contributed by atoms with van der Waals surface area (Å²) in [5.74, 6) is -0.515. The van der Waals surface area contributed by atoms with E-state index in [1.54, 1.807) is 25.1 Å². The van der Waals surface area contributed by atoms with E-state index >= 15 is 0 Å². The average Bonchev–Trinajstić information content (AvgIpc) is 2.79. The smallest absolute Gasteiger partial charge is 0.271 e. The molecule has 33 heavy (non-hydrogen) atoms. The second-order valence-electron chi connectivity index (χ2n) is 6.95. The van der Waals surface area contributed by atoms with E-state index in [1.165, 1.54) is 55.6 Å². The number of aryl methyl sites for hydroxylation is 1. The Balaban J connectivity index is 2.03. The fraction of sp³-hybridized carbons (Fsp3) is 0.136. The maximum Gasteiger partial charge on any atom is 0.271 e. The molecule has 172 valence electrons. The van der Waals surface area contributed by atoms with Crippen molar-refractivity contribution in [3.05, 3.63) is 87.4 Å². The number of carbonyl (C=O) groups excluding carboxylic acids is 1. The first-order valence-corrected chi connectivity index (χ1v) is 11.4. The Bertz CT molecular complexity index is 1300. The van der Waals surface area contributed by atoms with Gasteiger partial charge in [0, 0.05) is 17.2 Å². The van der Waals surface area contributed by atoms with Gasteiger partial charge in [-0.2, -0.15) is 0 Å². The molecule has 0 atom stereocenters. The summed E-state index contributed by atoms with van der Waals surface area (Å²) in [5, 5.41) is 13.9. The van der Waals surface area contributed by atoms with E-state index in [4.69, 9.17) is 16.3 Å². The number of anilines is 2. The molecule has 0 fully saturated rings. The molecule has 0 aliphatic rings. The minimum Gasteiger partial charge on any atom is -0.495 e. The number of halogens is 1. The number of nitrogens with one attached hydrogen (secondary N) is 1. The molecule has 1 N–H and O–H groups in total. The van der Waals surface area contributed by atoms with Crippen LogP contribution in [0, 0.1) is 17.0 Å². The van der Waals surface area contributed by atoms with Crippen molar-refractivity contribution in [3.63, 3.8) is 0 Å². The number of ether oxygens (including phenoxy) is 1. The molecule has 3 aromatic carbocycles. The lowest BCUT2D eigenvalue weighted by atomic mass is 10.2. The lowest BCUT2D eigenvalue weighted by Crippen LogP contribution is -2.38. The summed E-state index contributed by atoms with van der Waals surface area (Å²) in [5.41, 5.74) is 0.636. The number of methoxy groups -OCH3 is 1. The molecule has 0 saturated carbocycles. The highest BCUT2D eigenvalue weighted by Gasteiger charge is 2.30. The molecule has 0 aliphatic carbocycles. The number of benzene rings is 3. The van der Waals surface area contributed by atoms with Crippen molar-refractivity contribution in [2.75, 3.05) is 23.3 Å². The summed E-state index contributed by atoms with van der Waals surface area (Å²) in [4.78, 5) is 23.4. The molecule has 1 amide bonds. The highest BCUT2D eigenvalue weighted by atomic mass is 35.5. The Morgan fingerprint density at radius 1 is 1.12 bits per heavy atom. The number of non-ortho nitro benzene ring substituents is 1. The molecule has 0 aromatic heterocycles. The van der Waals surface area contributed by atoms with Crippen molar-refractivity contribution in [2.45, 2.75) is 11.8 Å². The van der Waals surface area contributed by atoms with Gasteiger partial charge in [0.2, 0.25) is 5.91 Å². The second-order valence-corrected chi connectivity index (χ2v) is 9.24. The maximum absolute atomic E-state index is 13.5. The van der Waals surface area contributed by atoms with Crippen LogP contribution in [0.15, 0.2) is 71.6 Å². The average molecular weight is 490 g/mol. The van der Waals surface area contributed by atoms with Crippen LogP contribution in [0.2, 0.25) is 5.02 Å². The van der Waals surface area contributed by atoms with Crippen LogP contribution in [0.1, 0.15) is 5.56 Å². The molecule has 0 spiro atoms. The zero-order valence-electron chi connectivity index (χ0n) is 17.7. The van der Waals surface area contributed by atoms with Crippen molar-refractivity contribution < 1.29 is 22.9 Å². The molecule has 0 aliphatic heterocycles. The van der Waals surface area contributed by atoms with Gasteiger partial charge >= 0.3 is 0 Å². The zero-order valence-corrected chi connectivity index (χ0v) is 19.3. The predicted octanol–water partition coefficient (Wildman–Crippen LogP) is 4.40. The van der Waals surface area contributed by atoms with Gasteiger partial charge < -0.3 is 10.1 Å². The Hall–Kier alpha value is -3.63. The number of nitro groups is 1. The molecule has 0 unspecified atom stereocenters. The number of carbonyl (C=O) groups is 1. The van der Waals surface area contributed by atoms with E-state index in [0.29, 0.717) is 5.56 Å². The Morgan fingerprint density at radius 2 is 1.82 bits per heavy atom. The van der Waals surface area contributed by atoms with E-state index in [-0.39, 0.29) is 32.7 Å². The molecule has 0 saturated heterocycles. The highest BCUT2D eigenvalue weighted by Crippen LogP contribution is 2.35. The van der Waals surface area contributed by atoms with Gasteiger partial charge in [-0.1, -0.05) is 35.9 Å². The van der Waals surface area contributed by atoms with Crippen LogP contribution in [0.4, 0.5) is 17.1 Å². The van der Waals surface area contributed by atoms with Crippen LogP contribution < -0.4 is 14.4 Å². The van der Waals surface area contributed by atoms with Crippen LogP contribution in [0.25, 0.3) is 0 Å². The van der Waals surface area contributed by atoms with Gasteiger partial charge in [-0.15, -0.1) is 0 Å². The minimum absolute atomic E-state index is 0.0358. The summed E-state index contributed by atoms with van der Waals surface area (Å²) >= 11 is 6.11. The largest absolute Gasteiger partial charge is 0.495 e. The monoisotopic (exact) mass is 489 g/mol. The molecule has 9 nitrogen and oxygen atoms in total. The van der Waals surface area contributed by atoms with Gasteiger partial charge in [0.15, 0.2) is 0 Å². The lowest BCUT2D eigenvalue weighted by molar-refractivity contribution is -0.384. The number of nitro benzene ring substituents is 1. The van der Waals surface area contributed by atoms with Crippen LogP contribution in [-0.4, -0.2) is 32.9 Å². The number of amides is 1. The topological polar surface area (TPSA) is 119 Å². The zero-order chi connectivity index (χ0) is 24.2. The van der Waals surface area contributed by atoms with Gasteiger partial charge in [0.25, 0.3) is 15.7 Å². The lowest BCUT2D eigenvalue weighted by Gasteiger charge is -2.26. The second kappa shape index (κ2) is 9.88. The summed E-state index contributed by atoms with van der Waals surface area (Å²) in [6, 6.07) is 16.0. The van der Waals surface area contributed by atoms with Crippen molar-refractivity contribution in [1.29, 1.82) is 0 Å². The number of sulfonamides is 1. The molecular weight excluding hydrogens is 470 g/mol. The van der Waals surface area contributed by atoms with Crippen LogP contribution >= 0.6 is 11.6 Å². The van der Waals surface area contributed by atoms with Gasteiger partial charge in [-0.3, -0.25) is 19.2 Å². The van der Waals surface area contributed by atoms with Gasteiger partial charge in [0.05, 0.1) is 28.3 Å². The van der Waals surface area contributed by atoms with Crippen molar-refractivity contribution >= 4 is 44.6 Å². The third-order valence-corrected chi connectivity index (χ3v) is 6.74. The molecule has 11 heteroatoms. The van der Waals surface area contributed by atoms with Crippen molar-refractivity contribution in [3.8, 4) is 5.75 Å². The number of rotatable bonds is 8. The third-order valence-electron chi connectivity index (χ3n) is 4.73. The minimum atomic E-state index is -4.20. The molecule has 0 radical (unpaired) electrons. The predicted molar refractivity (Wildman–Crippen MR) is 125 cm³/mol. The summed E-state index contributed by atoms with van der Waals surface area (Å²) in [7, 11) is -2.83. The normalized spacial score (nSPS) is 11.0.